The summed E-state index contributed by atoms with van der Waals surface area (Å²) >= 11 is 0. The van der Waals surface area contributed by atoms with Gasteiger partial charge in [-0.2, -0.15) is 13.2 Å². The Kier molecular flexibility index (Phi) is 6.46. The highest BCUT2D eigenvalue weighted by molar-refractivity contribution is 6.09. The zero-order valence-electron chi connectivity index (χ0n) is 20.7. The Bertz CT molecular complexity index is 1610. The number of halogens is 4. The van der Waals surface area contributed by atoms with Gasteiger partial charge in [0.2, 0.25) is 5.43 Å². The molecule has 0 spiro atoms. The summed E-state index contributed by atoms with van der Waals surface area (Å²) in [7, 11) is 1.68. The van der Waals surface area contributed by atoms with Crippen molar-refractivity contribution in [3.8, 4) is 0 Å². The van der Waals surface area contributed by atoms with Gasteiger partial charge in [-0.05, 0) is 37.3 Å². The van der Waals surface area contributed by atoms with Crippen LogP contribution in [0.3, 0.4) is 0 Å². The maximum Gasteiger partial charge on any atom is 0.416 e. The summed E-state index contributed by atoms with van der Waals surface area (Å²) in [5.74, 6) is -1.27. The van der Waals surface area contributed by atoms with Crippen molar-refractivity contribution in [2.24, 2.45) is 7.05 Å². The number of carbonyl (C=O) groups excluding carboxylic acids is 1. The van der Waals surface area contributed by atoms with Crippen molar-refractivity contribution in [3.63, 3.8) is 0 Å². The smallest absolute Gasteiger partial charge is 0.416 e. The molecule has 2 aromatic heterocycles. The molecule has 0 bridgehead atoms. The first-order chi connectivity index (χ1) is 18.1. The molecule has 0 saturated carbocycles. The summed E-state index contributed by atoms with van der Waals surface area (Å²) in [5, 5.41) is 0.623. The molecule has 3 heterocycles. The highest BCUT2D eigenvalue weighted by Crippen LogP contribution is 2.34. The number of pyridine rings is 2. The third-order valence-corrected chi connectivity index (χ3v) is 6.75. The normalized spacial score (nSPS) is 14.4. The van der Waals surface area contributed by atoms with Gasteiger partial charge in [0.25, 0.3) is 0 Å². The molecule has 1 fully saturated rings. The van der Waals surface area contributed by atoms with Crippen LogP contribution in [-0.2, 0) is 18.0 Å². The van der Waals surface area contributed by atoms with Crippen molar-refractivity contribution < 1.29 is 27.1 Å². The predicted octanol–water partition coefficient (Wildman–Crippen LogP) is 4.75. The van der Waals surface area contributed by atoms with Gasteiger partial charge >= 0.3 is 12.1 Å². The Morgan fingerprint density at radius 1 is 1.08 bits per heavy atom. The first kappa shape index (κ1) is 25.5. The van der Waals surface area contributed by atoms with Crippen LogP contribution in [0.5, 0.6) is 0 Å². The summed E-state index contributed by atoms with van der Waals surface area (Å²) in [4.78, 5) is 33.8. The SMILES string of the molecule is CCOC(=O)c1cn(C)c2cnc3c(N4CCN(c5cccc(C(F)(F)F)c5)CC4)c(F)ccc3c2c1=O. The molecule has 0 amide bonds. The van der Waals surface area contributed by atoms with Crippen LogP contribution in [0.25, 0.3) is 21.8 Å². The average Bonchev–Trinajstić information content (AvgIpc) is 2.90. The van der Waals surface area contributed by atoms with Crippen LogP contribution in [0.15, 0.2) is 53.6 Å². The number of hydrogen-bond donors (Lipinski definition) is 0. The van der Waals surface area contributed by atoms with E-state index in [0.717, 1.165) is 12.1 Å². The number of anilines is 2. The van der Waals surface area contributed by atoms with Crippen LogP contribution in [0.4, 0.5) is 28.9 Å². The topological polar surface area (TPSA) is 67.7 Å². The lowest BCUT2D eigenvalue weighted by atomic mass is 10.0. The number of benzene rings is 2. The lowest BCUT2D eigenvalue weighted by molar-refractivity contribution is -0.137. The highest BCUT2D eigenvalue weighted by Gasteiger charge is 2.31. The standard InChI is InChI=1S/C27H24F4N4O3/c1-3-38-26(37)19-15-33(2)21-14-32-23-18(22(21)25(19)36)7-8-20(28)24(23)35-11-9-34(10-12-35)17-6-4-5-16(13-17)27(29,30)31/h4-8,13-15H,3,9-12H2,1-2H3. The monoisotopic (exact) mass is 528 g/mol. The lowest BCUT2D eigenvalue weighted by Crippen LogP contribution is -2.47. The number of aromatic nitrogens is 2. The van der Waals surface area contributed by atoms with Crippen LogP contribution in [0.1, 0.15) is 22.8 Å². The maximum absolute atomic E-state index is 15.2. The number of rotatable bonds is 4. The van der Waals surface area contributed by atoms with Gasteiger partial charge in [0.05, 0.1) is 40.5 Å². The molecule has 0 aliphatic carbocycles. The molecule has 2 aromatic carbocycles. The fraction of sp³-hybridized carbons (Fsp3) is 0.296. The van der Waals surface area contributed by atoms with E-state index in [9.17, 15) is 22.8 Å². The molecule has 198 valence electrons. The van der Waals surface area contributed by atoms with Gasteiger partial charge in [-0.15, -0.1) is 0 Å². The number of nitrogens with zero attached hydrogens (tertiary/aromatic N) is 4. The molecule has 1 aliphatic rings. The molecule has 7 nitrogen and oxygen atoms in total. The fourth-order valence-corrected chi connectivity index (χ4v) is 4.90. The van der Waals surface area contributed by atoms with Crippen molar-refractivity contribution >= 4 is 39.1 Å². The van der Waals surface area contributed by atoms with Crippen LogP contribution >= 0.6 is 0 Å². The second kappa shape index (κ2) is 9.62. The van der Waals surface area contributed by atoms with E-state index >= 15 is 4.39 Å². The molecule has 4 aromatic rings. The Balaban J connectivity index is 1.53. The first-order valence-electron chi connectivity index (χ1n) is 12.0. The Morgan fingerprint density at radius 3 is 2.47 bits per heavy atom. The van der Waals surface area contributed by atoms with Crippen LogP contribution in [0.2, 0.25) is 0 Å². The Labute approximate surface area is 214 Å². The summed E-state index contributed by atoms with van der Waals surface area (Å²) in [6, 6.07) is 7.85. The van der Waals surface area contributed by atoms with E-state index < -0.39 is 29.0 Å². The van der Waals surface area contributed by atoms with Gasteiger partial charge in [-0.1, -0.05) is 6.07 Å². The largest absolute Gasteiger partial charge is 0.462 e. The van der Waals surface area contributed by atoms with Crippen molar-refractivity contribution in [3.05, 3.63) is 76.0 Å². The van der Waals surface area contributed by atoms with Crippen LogP contribution < -0.4 is 15.2 Å². The van der Waals surface area contributed by atoms with Crippen molar-refractivity contribution in [1.82, 2.24) is 9.55 Å². The van der Waals surface area contributed by atoms with Gasteiger partial charge in [0, 0.05) is 50.5 Å². The molecule has 5 rings (SSSR count). The van der Waals surface area contributed by atoms with Crippen LogP contribution in [0, 0.1) is 5.82 Å². The van der Waals surface area contributed by atoms with Crippen molar-refractivity contribution in [2.75, 3.05) is 42.6 Å². The molecule has 0 atom stereocenters. The van der Waals surface area contributed by atoms with Crippen LogP contribution in [-0.4, -0.2) is 48.3 Å². The second-order valence-corrected chi connectivity index (χ2v) is 9.04. The zero-order chi connectivity index (χ0) is 27.2. The first-order valence-corrected chi connectivity index (χ1v) is 12.0. The van der Waals surface area contributed by atoms with Gasteiger partial charge in [-0.3, -0.25) is 9.78 Å². The molecule has 11 heteroatoms. The summed E-state index contributed by atoms with van der Waals surface area (Å²) in [5.41, 5.74) is 0.00225. The number of carbonyl (C=O) groups is 1. The third-order valence-electron chi connectivity index (χ3n) is 6.75. The minimum Gasteiger partial charge on any atom is -0.462 e. The number of esters is 1. The molecule has 1 aliphatic heterocycles. The number of aryl methyl sites for hydroxylation is 1. The number of hydrogen-bond acceptors (Lipinski definition) is 6. The maximum atomic E-state index is 15.2. The molecule has 0 unspecified atom stereocenters. The van der Waals surface area contributed by atoms with Gasteiger partial charge < -0.3 is 19.1 Å². The van der Waals surface area contributed by atoms with E-state index in [4.69, 9.17) is 4.74 Å². The van der Waals surface area contributed by atoms with E-state index in [0.29, 0.717) is 42.8 Å². The lowest BCUT2D eigenvalue weighted by Gasteiger charge is -2.38. The number of fused-ring (bicyclic) bond motifs is 3. The minimum absolute atomic E-state index is 0.110. The van der Waals surface area contributed by atoms with E-state index in [-0.39, 0.29) is 28.8 Å². The Morgan fingerprint density at radius 2 is 1.79 bits per heavy atom. The minimum atomic E-state index is -4.44. The number of ether oxygens (including phenoxy) is 1. The molecule has 0 radical (unpaired) electrons. The van der Waals surface area contributed by atoms with E-state index in [2.05, 4.69) is 4.98 Å². The second-order valence-electron chi connectivity index (χ2n) is 9.04. The average molecular weight is 529 g/mol. The number of alkyl halides is 3. The molecule has 0 N–H and O–H groups in total. The van der Waals surface area contributed by atoms with Crippen molar-refractivity contribution in [1.29, 1.82) is 0 Å². The van der Waals surface area contributed by atoms with E-state index in [1.54, 1.807) is 29.5 Å². The van der Waals surface area contributed by atoms with Gasteiger partial charge in [0.1, 0.15) is 11.4 Å². The van der Waals surface area contributed by atoms with E-state index in [1.165, 1.54) is 30.6 Å². The van der Waals surface area contributed by atoms with Gasteiger partial charge in [0.15, 0.2) is 0 Å². The van der Waals surface area contributed by atoms with Gasteiger partial charge in [-0.25, -0.2) is 9.18 Å². The summed E-state index contributed by atoms with van der Waals surface area (Å²) < 4.78 is 61.3. The third kappa shape index (κ3) is 4.42. The zero-order valence-corrected chi connectivity index (χ0v) is 20.7. The molecule has 38 heavy (non-hydrogen) atoms. The fourth-order valence-electron chi connectivity index (χ4n) is 4.90. The number of piperazine rings is 1. The molecular weight excluding hydrogens is 504 g/mol. The quantitative estimate of drug-likeness (QED) is 0.217. The Hall–Kier alpha value is -4.15. The molecular formula is C27H24F4N4O3. The summed E-state index contributed by atoms with van der Waals surface area (Å²) in [6.07, 6.45) is -1.58. The summed E-state index contributed by atoms with van der Waals surface area (Å²) in [6.45, 7) is 3.13. The van der Waals surface area contributed by atoms with Crippen molar-refractivity contribution in [2.45, 2.75) is 13.1 Å². The predicted molar refractivity (Wildman–Crippen MR) is 136 cm³/mol. The molecule has 1 saturated heterocycles. The highest BCUT2D eigenvalue weighted by atomic mass is 19.4. The van der Waals surface area contributed by atoms with E-state index in [1.807, 2.05) is 4.90 Å².